The van der Waals surface area contributed by atoms with Crippen molar-refractivity contribution in [1.82, 2.24) is 15.6 Å². The number of halogens is 4. The Morgan fingerprint density at radius 3 is 2.46 bits per heavy atom. The zero-order valence-electron chi connectivity index (χ0n) is 14.6. The fourth-order valence-corrected chi connectivity index (χ4v) is 3.12. The normalized spacial score (nSPS) is 11.8. The molecule has 4 nitrogen and oxygen atoms in total. The van der Waals surface area contributed by atoms with Gasteiger partial charge in [0.1, 0.15) is 0 Å². The van der Waals surface area contributed by atoms with Crippen molar-refractivity contribution in [1.29, 1.82) is 0 Å². The summed E-state index contributed by atoms with van der Waals surface area (Å²) >= 11 is 1.02. The average Bonchev–Trinajstić information content (AvgIpc) is 3.07. The summed E-state index contributed by atoms with van der Waals surface area (Å²) in [6, 6.07) is 8.16. The lowest BCUT2D eigenvalue weighted by Gasteiger charge is -2.13. The monoisotopic (exact) mass is 498 g/mol. The number of aromatic nitrogens is 1. The highest BCUT2D eigenvalue weighted by molar-refractivity contribution is 14.0. The maximum atomic E-state index is 12.5. The Labute approximate surface area is 172 Å². The summed E-state index contributed by atoms with van der Waals surface area (Å²) in [5.41, 5.74) is 1.64. The molecular formula is C17H22F3IN4S. The molecule has 2 aromatic rings. The summed E-state index contributed by atoms with van der Waals surface area (Å²) in [6.45, 7) is 3.20. The highest BCUT2D eigenvalue weighted by Crippen LogP contribution is 2.29. The van der Waals surface area contributed by atoms with Crippen LogP contribution in [0.2, 0.25) is 0 Å². The van der Waals surface area contributed by atoms with Crippen molar-refractivity contribution in [3.05, 3.63) is 51.5 Å². The lowest BCUT2D eigenvalue weighted by Crippen LogP contribution is -2.38. The van der Waals surface area contributed by atoms with Gasteiger partial charge in [-0.2, -0.15) is 13.2 Å². The molecule has 26 heavy (non-hydrogen) atoms. The van der Waals surface area contributed by atoms with Crippen LogP contribution in [0, 0.1) is 0 Å². The number of aliphatic imine (C=N–C) groups is 1. The lowest BCUT2D eigenvalue weighted by molar-refractivity contribution is -0.140. The van der Waals surface area contributed by atoms with Crippen LogP contribution in [0.5, 0.6) is 0 Å². The summed E-state index contributed by atoms with van der Waals surface area (Å²) in [7, 11) is 1.66. The van der Waals surface area contributed by atoms with Gasteiger partial charge in [0.25, 0.3) is 0 Å². The Kier molecular flexibility index (Phi) is 9.34. The summed E-state index contributed by atoms with van der Waals surface area (Å²) in [4.78, 5) is 7.75. The van der Waals surface area contributed by atoms with Crippen molar-refractivity contribution in [2.24, 2.45) is 4.99 Å². The van der Waals surface area contributed by atoms with E-state index in [1.54, 1.807) is 7.05 Å². The van der Waals surface area contributed by atoms with E-state index in [0.29, 0.717) is 30.5 Å². The zero-order chi connectivity index (χ0) is 18.3. The van der Waals surface area contributed by atoms with Crippen molar-refractivity contribution in [2.75, 3.05) is 13.6 Å². The summed E-state index contributed by atoms with van der Waals surface area (Å²) in [5, 5.41) is 7.81. The Hall–Kier alpha value is -1.36. The number of nitrogens with zero attached hydrogens (tertiary/aromatic N) is 2. The molecule has 1 heterocycles. The SMILES string of the molecule is CCc1ccccc1CNC(=NC)NCCc1nc(C(F)(F)F)cs1.I. The van der Waals surface area contributed by atoms with Gasteiger partial charge < -0.3 is 10.6 Å². The molecule has 0 unspecified atom stereocenters. The topological polar surface area (TPSA) is 49.3 Å². The second kappa shape index (κ2) is 10.7. The molecule has 144 valence electrons. The third kappa shape index (κ3) is 6.75. The molecule has 0 amide bonds. The van der Waals surface area contributed by atoms with E-state index in [2.05, 4.69) is 39.7 Å². The number of benzene rings is 1. The molecule has 1 aromatic heterocycles. The van der Waals surface area contributed by atoms with Gasteiger partial charge in [-0.05, 0) is 17.5 Å². The van der Waals surface area contributed by atoms with E-state index >= 15 is 0 Å². The molecule has 1 aromatic carbocycles. The van der Waals surface area contributed by atoms with Gasteiger partial charge in [-0.3, -0.25) is 4.99 Å². The van der Waals surface area contributed by atoms with Crippen LogP contribution in [-0.2, 0) is 25.6 Å². The summed E-state index contributed by atoms with van der Waals surface area (Å²) < 4.78 is 37.6. The Morgan fingerprint density at radius 2 is 1.88 bits per heavy atom. The quantitative estimate of drug-likeness (QED) is 0.356. The minimum atomic E-state index is -4.38. The van der Waals surface area contributed by atoms with Gasteiger partial charge in [0.05, 0.1) is 5.01 Å². The van der Waals surface area contributed by atoms with Crippen LogP contribution in [0.4, 0.5) is 13.2 Å². The van der Waals surface area contributed by atoms with Gasteiger partial charge in [0.2, 0.25) is 0 Å². The van der Waals surface area contributed by atoms with Crippen LogP contribution in [0.15, 0.2) is 34.6 Å². The highest BCUT2D eigenvalue weighted by Gasteiger charge is 2.33. The number of hydrogen-bond donors (Lipinski definition) is 2. The van der Waals surface area contributed by atoms with E-state index in [0.717, 1.165) is 23.1 Å². The Balaban J connectivity index is 0.00000338. The third-order valence-corrected chi connectivity index (χ3v) is 4.55. The van der Waals surface area contributed by atoms with Crippen LogP contribution < -0.4 is 10.6 Å². The number of rotatable bonds is 6. The number of guanidine groups is 1. The van der Waals surface area contributed by atoms with Crippen molar-refractivity contribution in [3.8, 4) is 0 Å². The minimum absolute atomic E-state index is 0. The third-order valence-electron chi connectivity index (χ3n) is 3.64. The summed E-state index contributed by atoms with van der Waals surface area (Å²) in [6.07, 6.45) is -3.02. The largest absolute Gasteiger partial charge is 0.434 e. The maximum Gasteiger partial charge on any atom is 0.434 e. The fraction of sp³-hybridized carbons (Fsp3) is 0.412. The molecule has 0 fully saturated rings. The predicted molar refractivity (Wildman–Crippen MR) is 110 cm³/mol. The van der Waals surface area contributed by atoms with Crippen LogP contribution >= 0.6 is 35.3 Å². The number of nitrogens with one attached hydrogen (secondary N) is 2. The molecule has 0 atom stereocenters. The standard InChI is InChI=1S/C17H21F3N4S.HI/c1-3-12-6-4-5-7-13(12)10-23-16(21-2)22-9-8-15-24-14(11-25-15)17(18,19)20;/h4-7,11H,3,8-10H2,1-2H3,(H2,21,22,23);1H. The first-order valence-electron chi connectivity index (χ1n) is 7.97. The van der Waals surface area contributed by atoms with Crippen molar-refractivity contribution in [2.45, 2.75) is 32.5 Å². The number of alkyl halides is 3. The molecule has 0 bridgehead atoms. The molecule has 0 saturated heterocycles. The van der Waals surface area contributed by atoms with E-state index in [1.165, 1.54) is 11.1 Å². The summed E-state index contributed by atoms with van der Waals surface area (Å²) in [5.74, 6) is 0.610. The number of hydrogen-bond acceptors (Lipinski definition) is 3. The van der Waals surface area contributed by atoms with Gasteiger partial charge in [-0.1, -0.05) is 31.2 Å². The van der Waals surface area contributed by atoms with E-state index in [-0.39, 0.29) is 24.0 Å². The van der Waals surface area contributed by atoms with E-state index in [9.17, 15) is 13.2 Å². The van der Waals surface area contributed by atoms with Gasteiger partial charge in [-0.15, -0.1) is 35.3 Å². The Morgan fingerprint density at radius 1 is 1.19 bits per heavy atom. The molecule has 0 spiro atoms. The van der Waals surface area contributed by atoms with Crippen molar-refractivity contribution in [3.63, 3.8) is 0 Å². The van der Waals surface area contributed by atoms with E-state index in [1.807, 2.05) is 12.1 Å². The average molecular weight is 498 g/mol. The molecular weight excluding hydrogens is 476 g/mol. The van der Waals surface area contributed by atoms with E-state index in [4.69, 9.17) is 0 Å². The number of aryl methyl sites for hydroxylation is 1. The van der Waals surface area contributed by atoms with Crippen molar-refractivity contribution >= 4 is 41.3 Å². The highest BCUT2D eigenvalue weighted by atomic mass is 127. The molecule has 0 aliphatic rings. The first-order chi connectivity index (χ1) is 11.9. The Bertz CT molecular complexity index is 716. The lowest BCUT2D eigenvalue weighted by atomic mass is 10.1. The van der Waals surface area contributed by atoms with Gasteiger partial charge >= 0.3 is 6.18 Å². The van der Waals surface area contributed by atoms with Crippen molar-refractivity contribution < 1.29 is 13.2 Å². The van der Waals surface area contributed by atoms with Gasteiger partial charge in [0.15, 0.2) is 11.7 Å². The van der Waals surface area contributed by atoms with Crippen LogP contribution in [0.1, 0.15) is 28.8 Å². The zero-order valence-corrected chi connectivity index (χ0v) is 17.7. The number of thiazole rings is 1. The minimum Gasteiger partial charge on any atom is -0.356 e. The second-order valence-electron chi connectivity index (χ2n) is 5.35. The molecule has 2 rings (SSSR count). The van der Waals surface area contributed by atoms with Crippen LogP contribution in [0.3, 0.4) is 0 Å². The van der Waals surface area contributed by atoms with Gasteiger partial charge in [-0.25, -0.2) is 4.98 Å². The fourth-order valence-electron chi connectivity index (χ4n) is 2.32. The molecule has 9 heteroatoms. The molecule has 2 N–H and O–H groups in total. The molecule has 0 aliphatic heterocycles. The molecule has 0 saturated carbocycles. The first-order valence-corrected chi connectivity index (χ1v) is 8.85. The second-order valence-corrected chi connectivity index (χ2v) is 6.29. The maximum absolute atomic E-state index is 12.5. The van der Waals surface area contributed by atoms with E-state index < -0.39 is 11.9 Å². The van der Waals surface area contributed by atoms with Gasteiger partial charge in [0, 0.05) is 31.9 Å². The van der Waals surface area contributed by atoms with Crippen LogP contribution in [0.25, 0.3) is 0 Å². The van der Waals surface area contributed by atoms with Crippen LogP contribution in [-0.4, -0.2) is 24.5 Å². The smallest absolute Gasteiger partial charge is 0.356 e. The first kappa shape index (κ1) is 22.7. The molecule has 0 radical (unpaired) electrons. The molecule has 0 aliphatic carbocycles. The predicted octanol–water partition coefficient (Wildman–Crippen LogP) is 4.25.